The molecule has 3 N–H and O–H groups in total. The Balaban J connectivity index is 1.86. The minimum absolute atomic E-state index is 0.143. The molecule has 0 unspecified atom stereocenters. The molecular formula is C13H13Br2N5O. The van der Waals surface area contributed by atoms with Gasteiger partial charge < -0.3 is 5.73 Å². The van der Waals surface area contributed by atoms with Gasteiger partial charge >= 0.3 is 0 Å². The third kappa shape index (κ3) is 3.02. The molecule has 0 saturated heterocycles. The van der Waals surface area contributed by atoms with Crippen molar-refractivity contribution in [3.05, 3.63) is 48.5 Å². The number of nitrogens with two attached hydrogens (primary N) is 1. The molecule has 8 heteroatoms. The molecule has 110 valence electrons. The molecule has 6 nitrogen and oxygen atoms in total. The molecule has 0 bridgehead atoms. The molecule has 0 aromatic carbocycles. The summed E-state index contributed by atoms with van der Waals surface area (Å²) < 4.78 is 1.90. The highest BCUT2D eigenvalue weighted by molar-refractivity contribution is 9.11. The topological polar surface area (TPSA) is 87.9 Å². The van der Waals surface area contributed by atoms with Crippen molar-refractivity contribution >= 4 is 37.8 Å². The first kappa shape index (κ1) is 14.7. The van der Waals surface area contributed by atoms with Gasteiger partial charge in [-0.05, 0) is 37.4 Å². The number of hydrogen-bond acceptors (Lipinski definition) is 5. The zero-order valence-electron chi connectivity index (χ0n) is 11.1. The molecule has 0 radical (unpaired) electrons. The maximum atomic E-state index is 12.0. The Morgan fingerprint density at radius 3 is 2.76 bits per heavy atom. The van der Waals surface area contributed by atoms with Crippen LogP contribution < -0.4 is 11.3 Å². The first-order valence-electron chi connectivity index (χ1n) is 6.42. The first-order valence-corrected chi connectivity index (χ1v) is 8.01. The van der Waals surface area contributed by atoms with Gasteiger partial charge in [0.1, 0.15) is 0 Å². The van der Waals surface area contributed by atoms with Crippen molar-refractivity contribution in [2.24, 2.45) is 0 Å². The summed E-state index contributed by atoms with van der Waals surface area (Å²) in [5, 5.41) is 0. The van der Waals surface area contributed by atoms with Crippen LogP contribution >= 0.6 is 31.9 Å². The molecule has 3 heterocycles. The number of H-pyrrole nitrogens is 1. The van der Waals surface area contributed by atoms with Crippen LogP contribution in [0.1, 0.15) is 16.8 Å². The summed E-state index contributed by atoms with van der Waals surface area (Å²) in [5.41, 5.74) is 8.07. The SMILES string of the molecule is Nc1nc2c(c(=O)[nH]1)CN(Cc1c(Br)cncc1Br)CC2. The van der Waals surface area contributed by atoms with E-state index in [1.54, 1.807) is 12.4 Å². The molecule has 3 rings (SSSR count). The summed E-state index contributed by atoms with van der Waals surface area (Å²) in [5.74, 6) is 0.187. The van der Waals surface area contributed by atoms with E-state index in [0.717, 1.165) is 39.7 Å². The average molecular weight is 415 g/mol. The lowest BCUT2D eigenvalue weighted by Crippen LogP contribution is -2.35. The maximum absolute atomic E-state index is 12.0. The number of nitrogen functional groups attached to an aromatic ring is 1. The van der Waals surface area contributed by atoms with Crippen molar-refractivity contribution in [1.82, 2.24) is 19.9 Å². The van der Waals surface area contributed by atoms with Gasteiger partial charge in [-0.3, -0.25) is 19.7 Å². The van der Waals surface area contributed by atoms with Gasteiger partial charge in [-0.15, -0.1) is 0 Å². The molecule has 0 amide bonds. The standard InChI is InChI=1S/C13H13Br2N5O/c14-9-3-17-4-10(15)7(9)5-20-2-1-11-8(6-20)12(21)19-13(16)18-11/h3-4H,1-2,5-6H2,(H3,16,18,19,21). The van der Waals surface area contributed by atoms with E-state index in [-0.39, 0.29) is 11.5 Å². The van der Waals surface area contributed by atoms with Crippen molar-refractivity contribution in [2.45, 2.75) is 19.5 Å². The van der Waals surface area contributed by atoms with Crippen LogP contribution in [0.25, 0.3) is 0 Å². The van der Waals surface area contributed by atoms with Crippen LogP contribution in [0.2, 0.25) is 0 Å². The number of pyridine rings is 1. The average Bonchev–Trinajstić information content (AvgIpc) is 2.43. The Labute approximate surface area is 138 Å². The third-order valence-corrected chi connectivity index (χ3v) is 4.87. The third-order valence-electron chi connectivity index (χ3n) is 3.50. The first-order chi connectivity index (χ1) is 10.0. The fourth-order valence-corrected chi connectivity index (χ4v) is 3.63. The fourth-order valence-electron chi connectivity index (χ4n) is 2.45. The highest BCUT2D eigenvalue weighted by atomic mass is 79.9. The normalized spacial score (nSPS) is 15.0. The summed E-state index contributed by atoms with van der Waals surface area (Å²) in [7, 11) is 0. The van der Waals surface area contributed by atoms with E-state index in [1.165, 1.54) is 0 Å². The summed E-state index contributed by atoms with van der Waals surface area (Å²) >= 11 is 7.03. The number of rotatable bonds is 2. The molecule has 0 saturated carbocycles. The minimum Gasteiger partial charge on any atom is -0.369 e. The number of halogens is 2. The quantitative estimate of drug-likeness (QED) is 0.782. The van der Waals surface area contributed by atoms with Gasteiger partial charge in [0.15, 0.2) is 0 Å². The van der Waals surface area contributed by atoms with E-state index in [4.69, 9.17) is 5.73 Å². The van der Waals surface area contributed by atoms with Crippen LogP contribution in [0.4, 0.5) is 5.95 Å². The van der Waals surface area contributed by atoms with Crippen LogP contribution in [0.5, 0.6) is 0 Å². The molecule has 1 aliphatic heterocycles. The van der Waals surface area contributed by atoms with Crippen molar-refractivity contribution in [2.75, 3.05) is 12.3 Å². The van der Waals surface area contributed by atoms with E-state index < -0.39 is 0 Å². The Hall–Kier alpha value is -1.25. The van der Waals surface area contributed by atoms with E-state index in [2.05, 4.69) is 51.7 Å². The molecule has 0 atom stereocenters. The van der Waals surface area contributed by atoms with Gasteiger partial charge in [0, 0.05) is 47.4 Å². The molecular weight excluding hydrogens is 402 g/mol. The van der Waals surface area contributed by atoms with E-state index in [0.29, 0.717) is 12.1 Å². The molecule has 0 fully saturated rings. The number of aromatic nitrogens is 3. The highest BCUT2D eigenvalue weighted by Gasteiger charge is 2.22. The number of hydrogen-bond donors (Lipinski definition) is 2. The predicted octanol–water partition coefficient (Wildman–Crippen LogP) is 1.83. The van der Waals surface area contributed by atoms with Crippen LogP contribution in [0.15, 0.2) is 26.1 Å². The largest absolute Gasteiger partial charge is 0.369 e. The van der Waals surface area contributed by atoms with E-state index in [1.807, 2.05) is 0 Å². The van der Waals surface area contributed by atoms with Crippen LogP contribution in [-0.2, 0) is 19.5 Å². The zero-order chi connectivity index (χ0) is 15.0. The Morgan fingerprint density at radius 1 is 1.33 bits per heavy atom. The summed E-state index contributed by atoms with van der Waals surface area (Å²) in [6, 6.07) is 0. The number of anilines is 1. The second-order valence-electron chi connectivity index (χ2n) is 4.92. The summed E-state index contributed by atoms with van der Waals surface area (Å²) in [6.07, 6.45) is 4.27. The van der Waals surface area contributed by atoms with Crippen molar-refractivity contribution in [1.29, 1.82) is 0 Å². The molecule has 0 aliphatic carbocycles. The zero-order valence-corrected chi connectivity index (χ0v) is 14.2. The number of fused-ring (bicyclic) bond motifs is 1. The number of nitrogens with zero attached hydrogens (tertiary/aromatic N) is 3. The smallest absolute Gasteiger partial charge is 0.257 e. The Kier molecular flexibility index (Phi) is 4.10. The van der Waals surface area contributed by atoms with Crippen LogP contribution in [0.3, 0.4) is 0 Å². The van der Waals surface area contributed by atoms with Crippen LogP contribution in [-0.4, -0.2) is 26.4 Å². The number of aromatic amines is 1. The molecule has 2 aromatic heterocycles. The van der Waals surface area contributed by atoms with Gasteiger partial charge in [0.2, 0.25) is 5.95 Å². The predicted molar refractivity (Wildman–Crippen MR) is 86.7 cm³/mol. The number of nitrogens with one attached hydrogen (secondary N) is 1. The van der Waals surface area contributed by atoms with Crippen LogP contribution in [0, 0.1) is 0 Å². The lowest BCUT2D eigenvalue weighted by molar-refractivity contribution is 0.241. The van der Waals surface area contributed by atoms with Crippen molar-refractivity contribution in [3.8, 4) is 0 Å². The van der Waals surface area contributed by atoms with E-state index >= 15 is 0 Å². The van der Waals surface area contributed by atoms with Gasteiger partial charge in [-0.2, -0.15) is 0 Å². The minimum atomic E-state index is -0.143. The molecule has 21 heavy (non-hydrogen) atoms. The summed E-state index contributed by atoms with van der Waals surface area (Å²) in [6.45, 7) is 2.14. The van der Waals surface area contributed by atoms with Gasteiger partial charge in [0.05, 0.1) is 11.3 Å². The molecule has 0 spiro atoms. The lowest BCUT2D eigenvalue weighted by atomic mass is 10.1. The fraction of sp³-hybridized carbons (Fsp3) is 0.308. The van der Waals surface area contributed by atoms with Crippen molar-refractivity contribution in [3.63, 3.8) is 0 Å². The lowest BCUT2D eigenvalue weighted by Gasteiger charge is -2.28. The second-order valence-corrected chi connectivity index (χ2v) is 6.63. The van der Waals surface area contributed by atoms with Gasteiger partial charge in [-0.1, -0.05) is 0 Å². The van der Waals surface area contributed by atoms with Gasteiger partial charge in [-0.25, -0.2) is 4.98 Å². The maximum Gasteiger partial charge on any atom is 0.257 e. The highest BCUT2D eigenvalue weighted by Crippen LogP contribution is 2.27. The van der Waals surface area contributed by atoms with E-state index in [9.17, 15) is 4.79 Å². The van der Waals surface area contributed by atoms with Gasteiger partial charge in [0.25, 0.3) is 5.56 Å². The Bertz CT molecular complexity index is 726. The van der Waals surface area contributed by atoms with Crippen molar-refractivity contribution < 1.29 is 0 Å². The summed E-state index contributed by atoms with van der Waals surface area (Å²) in [4.78, 5) is 25.1. The monoisotopic (exact) mass is 413 g/mol. The molecule has 2 aromatic rings. The Morgan fingerprint density at radius 2 is 2.05 bits per heavy atom. The molecule has 1 aliphatic rings. The second kappa shape index (κ2) is 5.86.